The molecule has 0 amide bonds. The fourth-order valence-electron chi connectivity index (χ4n) is 2.62. The molecule has 0 heterocycles. The van der Waals surface area contributed by atoms with Gasteiger partial charge < -0.3 is 0 Å². The summed E-state index contributed by atoms with van der Waals surface area (Å²) in [6.45, 7) is 2.01. The van der Waals surface area contributed by atoms with Crippen LogP contribution in [0.25, 0.3) is 0 Å². The first-order valence-corrected chi connectivity index (χ1v) is 4.49. The SMILES string of the molecule is CC(S)C12CC(C(F)F)(C1)C2. The minimum absolute atomic E-state index is 0.194. The lowest BCUT2D eigenvalue weighted by atomic mass is 9.34. The molecule has 3 fully saturated rings. The first-order chi connectivity index (χ1) is 5.01. The summed E-state index contributed by atoms with van der Waals surface area (Å²) >= 11 is 4.31. The lowest BCUT2D eigenvalue weighted by molar-refractivity contribution is -0.264. The van der Waals surface area contributed by atoms with Crippen LogP contribution in [-0.4, -0.2) is 11.7 Å². The molecule has 3 aliphatic rings. The van der Waals surface area contributed by atoms with E-state index >= 15 is 0 Å². The molecule has 0 aromatic rings. The topological polar surface area (TPSA) is 0 Å². The number of hydrogen-bond acceptors (Lipinski definition) is 1. The largest absolute Gasteiger partial charge is 0.244 e. The minimum Gasteiger partial charge on any atom is -0.210 e. The highest BCUT2D eigenvalue weighted by molar-refractivity contribution is 7.81. The molecule has 3 saturated carbocycles. The van der Waals surface area contributed by atoms with Crippen LogP contribution in [0.1, 0.15) is 26.2 Å². The van der Waals surface area contributed by atoms with E-state index in [1.807, 2.05) is 6.92 Å². The molecule has 0 aromatic carbocycles. The molecule has 3 heteroatoms. The van der Waals surface area contributed by atoms with Crippen molar-refractivity contribution in [1.82, 2.24) is 0 Å². The van der Waals surface area contributed by atoms with Crippen LogP contribution in [0.5, 0.6) is 0 Å². The van der Waals surface area contributed by atoms with Gasteiger partial charge in [-0.1, -0.05) is 6.92 Å². The third-order valence-electron chi connectivity index (χ3n) is 3.46. The molecule has 1 atom stereocenters. The number of hydrogen-bond donors (Lipinski definition) is 1. The fourth-order valence-corrected chi connectivity index (χ4v) is 2.90. The van der Waals surface area contributed by atoms with Gasteiger partial charge in [0, 0.05) is 10.7 Å². The van der Waals surface area contributed by atoms with Crippen LogP contribution in [0, 0.1) is 10.8 Å². The van der Waals surface area contributed by atoms with Gasteiger partial charge in [-0.15, -0.1) is 0 Å². The first-order valence-electron chi connectivity index (χ1n) is 3.97. The highest BCUT2D eigenvalue weighted by atomic mass is 32.1. The van der Waals surface area contributed by atoms with Crippen molar-refractivity contribution >= 4 is 12.6 Å². The van der Waals surface area contributed by atoms with E-state index in [9.17, 15) is 8.78 Å². The van der Waals surface area contributed by atoms with Crippen LogP contribution < -0.4 is 0 Å². The molecule has 0 nitrogen and oxygen atoms in total. The van der Waals surface area contributed by atoms with Gasteiger partial charge in [0.25, 0.3) is 0 Å². The summed E-state index contributed by atoms with van der Waals surface area (Å²) < 4.78 is 24.6. The molecule has 2 bridgehead atoms. The van der Waals surface area contributed by atoms with Crippen LogP contribution in [-0.2, 0) is 0 Å². The molecule has 1 unspecified atom stereocenters. The van der Waals surface area contributed by atoms with Crippen LogP contribution in [0.2, 0.25) is 0 Å². The third kappa shape index (κ3) is 0.754. The second-order valence-electron chi connectivity index (χ2n) is 4.23. The Morgan fingerprint density at radius 2 is 1.64 bits per heavy atom. The summed E-state index contributed by atoms with van der Waals surface area (Å²) in [7, 11) is 0. The quantitative estimate of drug-likeness (QED) is 0.617. The predicted octanol–water partition coefficient (Wildman–Crippen LogP) is 2.74. The Hall–Kier alpha value is 0.210. The average Bonchev–Trinajstić information content (AvgIpc) is 1.51. The Morgan fingerprint density at radius 1 is 1.18 bits per heavy atom. The van der Waals surface area contributed by atoms with Gasteiger partial charge in [-0.3, -0.25) is 0 Å². The number of rotatable bonds is 2. The lowest BCUT2D eigenvalue weighted by Gasteiger charge is -2.72. The summed E-state index contributed by atoms with van der Waals surface area (Å²) in [5.41, 5.74) is -0.378. The van der Waals surface area contributed by atoms with E-state index in [1.165, 1.54) is 0 Å². The molecule has 3 rings (SSSR count). The van der Waals surface area contributed by atoms with Crippen molar-refractivity contribution in [3.05, 3.63) is 0 Å². The highest BCUT2D eigenvalue weighted by Crippen LogP contribution is 2.77. The monoisotopic (exact) mass is 178 g/mol. The van der Waals surface area contributed by atoms with Crippen LogP contribution in [0.3, 0.4) is 0 Å². The van der Waals surface area contributed by atoms with E-state index < -0.39 is 11.8 Å². The zero-order valence-corrected chi connectivity index (χ0v) is 7.37. The number of halogens is 2. The molecule has 0 aromatic heterocycles. The highest BCUT2D eigenvalue weighted by Gasteiger charge is 2.72. The van der Waals surface area contributed by atoms with Gasteiger partial charge in [-0.05, 0) is 24.7 Å². The van der Waals surface area contributed by atoms with Crippen molar-refractivity contribution in [2.24, 2.45) is 10.8 Å². The van der Waals surface area contributed by atoms with Gasteiger partial charge in [0.15, 0.2) is 0 Å². The zero-order chi connectivity index (χ0) is 8.28. The Labute approximate surface area is 70.8 Å². The Kier molecular flexibility index (Phi) is 1.37. The van der Waals surface area contributed by atoms with Gasteiger partial charge in [0.1, 0.15) is 0 Å². The second-order valence-corrected chi connectivity index (χ2v) is 5.01. The molecule has 11 heavy (non-hydrogen) atoms. The van der Waals surface area contributed by atoms with Crippen molar-refractivity contribution in [2.75, 3.05) is 0 Å². The first kappa shape index (κ1) is 7.84. The van der Waals surface area contributed by atoms with Gasteiger partial charge in [0.05, 0.1) is 0 Å². The Bertz CT molecular complexity index is 151. The van der Waals surface area contributed by atoms with Gasteiger partial charge in [-0.2, -0.15) is 12.6 Å². The van der Waals surface area contributed by atoms with E-state index in [-0.39, 0.29) is 5.41 Å². The van der Waals surface area contributed by atoms with E-state index in [0.29, 0.717) is 24.5 Å². The maximum absolute atomic E-state index is 12.3. The van der Waals surface area contributed by atoms with E-state index in [0.717, 1.165) is 0 Å². The second kappa shape index (κ2) is 1.93. The number of alkyl halides is 2. The molecule has 0 aliphatic heterocycles. The maximum Gasteiger partial charge on any atom is 0.244 e. The fraction of sp³-hybridized carbons (Fsp3) is 1.00. The standard InChI is InChI=1S/C8H12F2S/c1-5(11)7-2-8(3-7,4-7)6(9)10/h5-6,11H,2-4H2,1H3. The molecule has 0 N–H and O–H groups in total. The molecule has 0 radical (unpaired) electrons. The van der Waals surface area contributed by atoms with Gasteiger partial charge in [0.2, 0.25) is 6.43 Å². The van der Waals surface area contributed by atoms with Crippen molar-refractivity contribution in [3.63, 3.8) is 0 Å². The minimum atomic E-state index is -2.10. The Balaban J connectivity index is 1.99. The van der Waals surface area contributed by atoms with E-state index in [1.54, 1.807) is 0 Å². The normalized spacial score (nSPS) is 49.9. The van der Waals surface area contributed by atoms with Gasteiger partial charge >= 0.3 is 0 Å². The van der Waals surface area contributed by atoms with E-state index in [4.69, 9.17) is 0 Å². The molecule has 0 spiro atoms. The molecule has 3 aliphatic carbocycles. The Morgan fingerprint density at radius 3 is 1.91 bits per heavy atom. The smallest absolute Gasteiger partial charge is 0.210 e. The molecular formula is C8H12F2S. The summed E-state index contributed by atoms with van der Waals surface area (Å²) in [6.07, 6.45) is 0.0314. The lowest BCUT2D eigenvalue weighted by Crippen LogP contribution is -2.67. The number of thiol groups is 1. The summed E-state index contributed by atoms with van der Waals surface area (Å²) in [5.74, 6) is 0. The molecule has 64 valence electrons. The van der Waals surface area contributed by atoms with Crippen molar-refractivity contribution in [3.8, 4) is 0 Å². The predicted molar refractivity (Wildman–Crippen MR) is 43.2 cm³/mol. The maximum atomic E-state index is 12.3. The molecule has 0 saturated heterocycles. The van der Waals surface area contributed by atoms with E-state index in [2.05, 4.69) is 12.6 Å². The van der Waals surface area contributed by atoms with Crippen molar-refractivity contribution in [2.45, 2.75) is 37.9 Å². The summed E-state index contributed by atoms with van der Waals surface area (Å²) in [4.78, 5) is 0. The zero-order valence-electron chi connectivity index (χ0n) is 6.48. The summed E-state index contributed by atoms with van der Waals surface area (Å²) in [5, 5.41) is 0.295. The van der Waals surface area contributed by atoms with Crippen molar-refractivity contribution in [1.29, 1.82) is 0 Å². The third-order valence-corrected chi connectivity index (χ3v) is 4.01. The van der Waals surface area contributed by atoms with Crippen molar-refractivity contribution < 1.29 is 8.78 Å². The molecular weight excluding hydrogens is 166 g/mol. The van der Waals surface area contributed by atoms with Crippen LogP contribution >= 0.6 is 12.6 Å². The summed E-state index contributed by atoms with van der Waals surface area (Å²) in [6, 6.07) is 0. The average molecular weight is 178 g/mol. The van der Waals surface area contributed by atoms with Crippen LogP contribution in [0.15, 0.2) is 0 Å². The van der Waals surface area contributed by atoms with Gasteiger partial charge in [-0.25, -0.2) is 8.78 Å². The van der Waals surface area contributed by atoms with Crippen LogP contribution in [0.4, 0.5) is 8.78 Å².